The van der Waals surface area contributed by atoms with E-state index in [9.17, 15) is 9.59 Å². The highest BCUT2D eigenvalue weighted by atomic mass is 16.2. The van der Waals surface area contributed by atoms with Crippen LogP contribution in [-0.2, 0) is 24.2 Å². The normalized spacial score (nSPS) is 13.0. The van der Waals surface area contributed by atoms with Gasteiger partial charge in [-0.3, -0.25) is 14.2 Å². The highest BCUT2D eigenvalue weighted by Crippen LogP contribution is 2.18. The zero-order valence-corrected chi connectivity index (χ0v) is 14.5. The SMILES string of the molecule is CCN(C(=O)Cn1c(C)nc2c(c1=O)CCC2)c1cccc(C)c1. The number of likely N-dealkylation sites (N-methyl/N-ethyl adjacent to an activating group) is 1. The number of amides is 1. The van der Waals surface area contributed by atoms with Crippen molar-refractivity contribution >= 4 is 11.6 Å². The van der Waals surface area contributed by atoms with Crippen LogP contribution in [-0.4, -0.2) is 22.0 Å². The van der Waals surface area contributed by atoms with Crippen molar-refractivity contribution < 1.29 is 4.79 Å². The van der Waals surface area contributed by atoms with Gasteiger partial charge in [-0.25, -0.2) is 4.98 Å². The average Bonchev–Trinajstić information content (AvgIpc) is 3.00. The molecule has 0 bridgehead atoms. The zero-order valence-electron chi connectivity index (χ0n) is 14.5. The molecule has 0 saturated heterocycles. The van der Waals surface area contributed by atoms with E-state index in [1.807, 2.05) is 38.1 Å². The molecule has 0 aliphatic heterocycles. The second kappa shape index (κ2) is 6.59. The standard InChI is InChI=1S/C19H23N3O2/c1-4-21(15-8-5-7-13(2)11-15)18(23)12-22-14(3)20-17-10-6-9-16(17)19(22)24/h5,7-8,11H,4,6,9-10,12H2,1-3H3. The molecule has 1 aromatic carbocycles. The Morgan fingerprint density at radius 3 is 2.79 bits per heavy atom. The lowest BCUT2D eigenvalue weighted by Gasteiger charge is -2.22. The first kappa shape index (κ1) is 16.4. The summed E-state index contributed by atoms with van der Waals surface area (Å²) in [6.07, 6.45) is 2.61. The molecule has 1 heterocycles. The Morgan fingerprint density at radius 2 is 2.08 bits per heavy atom. The first-order chi connectivity index (χ1) is 11.5. The first-order valence-electron chi connectivity index (χ1n) is 8.47. The number of aromatic nitrogens is 2. The molecule has 126 valence electrons. The topological polar surface area (TPSA) is 55.2 Å². The molecule has 0 unspecified atom stereocenters. The molecule has 0 radical (unpaired) electrons. The summed E-state index contributed by atoms with van der Waals surface area (Å²) in [5, 5.41) is 0. The van der Waals surface area contributed by atoms with Gasteiger partial charge >= 0.3 is 0 Å². The van der Waals surface area contributed by atoms with Gasteiger partial charge in [-0.15, -0.1) is 0 Å². The molecule has 1 aliphatic rings. The third-order valence-corrected chi connectivity index (χ3v) is 4.60. The van der Waals surface area contributed by atoms with Crippen molar-refractivity contribution in [3.63, 3.8) is 0 Å². The van der Waals surface area contributed by atoms with E-state index in [2.05, 4.69) is 4.98 Å². The van der Waals surface area contributed by atoms with Gasteiger partial charge in [0, 0.05) is 17.8 Å². The average molecular weight is 325 g/mol. The van der Waals surface area contributed by atoms with Crippen molar-refractivity contribution in [1.29, 1.82) is 0 Å². The highest BCUT2D eigenvalue weighted by Gasteiger charge is 2.22. The Labute approximate surface area is 141 Å². The van der Waals surface area contributed by atoms with Crippen LogP contribution in [0.15, 0.2) is 29.1 Å². The fraction of sp³-hybridized carbons (Fsp3) is 0.421. The summed E-state index contributed by atoms with van der Waals surface area (Å²) in [5.41, 5.74) is 3.61. The maximum absolute atomic E-state index is 12.8. The Hall–Kier alpha value is -2.43. The molecule has 5 nitrogen and oxygen atoms in total. The van der Waals surface area contributed by atoms with Crippen molar-refractivity contribution in [2.45, 2.75) is 46.6 Å². The van der Waals surface area contributed by atoms with Crippen LogP contribution in [0.25, 0.3) is 0 Å². The van der Waals surface area contributed by atoms with Gasteiger partial charge in [-0.05, 0) is 57.7 Å². The molecule has 1 aliphatic carbocycles. The van der Waals surface area contributed by atoms with Crippen LogP contribution in [0.1, 0.15) is 36.0 Å². The number of nitrogens with zero attached hydrogens (tertiary/aromatic N) is 3. The largest absolute Gasteiger partial charge is 0.311 e. The third kappa shape index (κ3) is 2.98. The molecule has 5 heteroatoms. The lowest BCUT2D eigenvalue weighted by atomic mass is 10.2. The van der Waals surface area contributed by atoms with Crippen molar-refractivity contribution in [2.75, 3.05) is 11.4 Å². The summed E-state index contributed by atoms with van der Waals surface area (Å²) in [6.45, 7) is 6.34. The molecule has 0 saturated carbocycles. The lowest BCUT2D eigenvalue weighted by molar-refractivity contribution is -0.119. The third-order valence-electron chi connectivity index (χ3n) is 4.60. The molecule has 0 N–H and O–H groups in total. The van der Waals surface area contributed by atoms with Gasteiger partial charge in [-0.1, -0.05) is 12.1 Å². The second-order valence-corrected chi connectivity index (χ2v) is 6.31. The van der Waals surface area contributed by atoms with Crippen LogP contribution >= 0.6 is 0 Å². The second-order valence-electron chi connectivity index (χ2n) is 6.31. The van der Waals surface area contributed by atoms with E-state index >= 15 is 0 Å². The zero-order chi connectivity index (χ0) is 17.3. The number of fused-ring (bicyclic) bond motifs is 1. The Balaban J connectivity index is 1.91. The van der Waals surface area contributed by atoms with Gasteiger partial charge in [-0.2, -0.15) is 0 Å². The van der Waals surface area contributed by atoms with Gasteiger partial charge in [0.05, 0.1) is 5.69 Å². The minimum Gasteiger partial charge on any atom is -0.311 e. The van der Waals surface area contributed by atoms with Gasteiger partial charge < -0.3 is 4.90 Å². The van der Waals surface area contributed by atoms with Crippen LogP contribution in [0.5, 0.6) is 0 Å². The van der Waals surface area contributed by atoms with E-state index in [1.165, 1.54) is 4.57 Å². The lowest BCUT2D eigenvalue weighted by Crippen LogP contribution is -2.38. The molecule has 2 aromatic rings. The van der Waals surface area contributed by atoms with Crippen LogP contribution in [0.3, 0.4) is 0 Å². The first-order valence-corrected chi connectivity index (χ1v) is 8.47. The minimum atomic E-state index is -0.0898. The fourth-order valence-electron chi connectivity index (χ4n) is 3.35. The highest BCUT2D eigenvalue weighted by molar-refractivity contribution is 5.93. The molecule has 1 aromatic heterocycles. The molecule has 0 fully saturated rings. The summed E-state index contributed by atoms with van der Waals surface area (Å²) in [6, 6.07) is 7.85. The van der Waals surface area contributed by atoms with E-state index in [0.717, 1.165) is 41.8 Å². The smallest absolute Gasteiger partial charge is 0.257 e. The van der Waals surface area contributed by atoms with Crippen LogP contribution in [0, 0.1) is 13.8 Å². The number of rotatable bonds is 4. The van der Waals surface area contributed by atoms with Crippen molar-refractivity contribution in [1.82, 2.24) is 9.55 Å². The number of anilines is 1. The number of aryl methyl sites for hydroxylation is 3. The summed E-state index contributed by atoms with van der Waals surface area (Å²) in [7, 11) is 0. The monoisotopic (exact) mass is 325 g/mol. The predicted octanol–water partition coefficient (Wildman–Crippen LogP) is 2.40. The molecule has 1 amide bonds. The Morgan fingerprint density at radius 1 is 1.29 bits per heavy atom. The van der Waals surface area contributed by atoms with Crippen LogP contribution in [0.4, 0.5) is 5.69 Å². The summed E-state index contributed by atoms with van der Waals surface area (Å²) < 4.78 is 1.52. The molecule has 0 atom stereocenters. The fourth-order valence-corrected chi connectivity index (χ4v) is 3.35. The Kier molecular flexibility index (Phi) is 4.51. The van der Waals surface area contributed by atoms with E-state index in [-0.39, 0.29) is 18.0 Å². The number of hydrogen-bond donors (Lipinski definition) is 0. The summed E-state index contributed by atoms with van der Waals surface area (Å²) in [5.74, 6) is 0.530. The summed E-state index contributed by atoms with van der Waals surface area (Å²) in [4.78, 5) is 31.7. The number of carbonyl (C=O) groups is 1. The molecule has 0 spiro atoms. The molecule has 3 rings (SSSR count). The minimum absolute atomic E-state index is 0.0345. The van der Waals surface area contributed by atoms with E-state index < -0.39 is 0 Å². The molecule has 24 heavy (non-hydrogen) atoms. The predicted molar refractivity (Wildman–Crippen MR) is 94.5 cm³/mol. The maximum atomic E-state index is 12.8. The summed E-state index contributed by atoms with van der Waals surface area (Å²) >= 11 is 0. The van der Waals surface area contributed by atoms with Gasteiger partial charge in [0.15, 0.2) is 0 Å². The number of carbonyl (C=O) groups excluding carboxylic acids is 1. The van der Waals surface area contributed by atoms with Crippen LogP contribution in [0.2, 0.25) is 0 Å². The van der Waals surface area contributed by atoms with E-state index in [4.69, 9.17) is 0 Å². The molecular weight excluding hydrogens is 302 g/mol. The number of hydrogen-bond acceptors (Lipinski definition) is 3. The van der Waals surface area contributed by atoms with E-state index in [1.54, 1.807) is 11.8 Å². The van der Waals surface area contributed by atoms with Gasteiger partial charge in [0.1, 0.15) is 12.4 Å². The number of benzene rings is 1. The quantitative estimate of drug-likeness (QED) is 0.867. The van der Waals surface area contributed by atoms with Crippen molar-refractivity contribution in [3.05, 3.63) is 57.3 Å². The maximum Gasteiger partial charge on any atom is 0.257 e. The van der Waals surface area contributed by atoms with Crippen LogP contribution < -0.4 is 10.5 Å². The van der Waals surface area contributed by atoms with Crippen molar-refractivity contribution in [3.8, 4) is 0 Å². The van der Waals surface area contributed by atoms with Gasteiger partial charge in [0.25, 0.3) is 5.56 Å². The van der Waals surface area contributed by atoms with Gasteiger partial charge in [0.2, 0.25) is 5.91 Å². The molecular formula is C19H23N3O2. The Bertz CT molecular complexity index is 839. The van der Waals surface area contributed by atoms with Crippen molar-refractivity contribution in [2.24, 2.45) is 0 Å². The van der Waals surface area contributed by atoms with E-state index in [0.29, 0.717) is 12.4 Å².